The molecule has 4 aromatic rings. The first-order chi connectivity index (χ1) is 16.3. The van der Waals surface area contributed by atoms with Crippen LogP contribution in [0, 0.1) is 0 Å². The summed E-state index contributed by atoms with van der Waals surface area (Å²) in [5.74, 6) is 0.802. The van der Waals surface area contributed by atoms with Crippen LogP contribution in [0.5, 0.6) is 5.75 Å². The van der Waals surface area contributed by atoms with Crippen molar-refractivity contribution in [1.82, 2.24) is 9.88 Å². The second-order valence-corrected chi connectivity index (χ2v) is 8.96. The third-order valence-electron chi connectivity index (χ3n) is 6.57. The minimum absolute atomic E-state index is 0.274. The zero-order valence-corrected chi connectivity index (χ0v) is 19.0. The van der Waals surface area contributed by atoms with Crippen molar-refractivity contribution in [1.29, 1.82) is 0 Å². The number of nitrogens with zero attached hydrogens (tertiary/aromatic N) is 1. The van der Waals surface area contributed by atoms with E-state index in [0.29, 0.717) is 12.6 Å². The van der Waals surface area contributed by atoms with E-state index in [1.807, 2.05) is 24.3 Å². The Balaban J connectivity index is 1.40. The van der Waals surface area contributed by atoms with E-state index in [0.717, 1.165) is 33.6 Å². The molecule has 0 saturated heterocycles. The van der Waals surface area contributed by atoms with Crippen LogP contribution in [-0.4, -0.2) is 35.0 Å². The molecule has 1 aliphatic carbocycles. The van der Waals surface area contributed by atoms with E-state index in [1.165, 1.54) is 32.1 Å². The Bertz CT molecular complexity index is 1160. The Hall–Kier alpha value is -3.08. The Kier molecular flexibility index (Phi) is 6.75. The SMILES string of the molecule is OC(CNC1CCCCC1)COc1cccc2c1cc(-c1ccccc1)n2-c1ccccc1. The van der Waals surface area contributed by atoms with E-state index < -0.39 is 6.10 Å². The fourth-order valence-electron chi connectivity index (χ4n) is 4.86. The van der Waals surface area contributed by atoms with Crippen LogP contribution < -0.4 is 10.1 Å². The molecule has 1 saturated carbocycles. The number of nitrogens with one attached hydrogen (secondary N) is 1. The van der Waals surface area contributed by atoms with E-state index >= 15 is 0 Å². The first-order valence-electron chi connectivity index (χ1n) is 12.1. The topological polar surface area (TPSA) is 46.4 Å². The Morgan fingerprint density at radius 2 is 1.61 bits per heavy atom. The fourth-order valence-corrected chi connectivity index (χ4v) is 4.86. The first-order valence-corrected chi connectivity index (χ1v) is 12.1. The average Bonchev–Trinajstić information content (AvgIpc) is 3.28. The monoisotopic (exact) mass is 440 g/mol. The molecule has 1 aromatic heterocycles. The predicted octanol–water partition coefficient (Wildman–Crippen LogP) is 5.96. The Morgan fingerprint density at radius 3 is 2.36 bits per heavy atom. The molecular weight excluding hydrogens is 408 g/mol. The molecule has 2 N–H and O–H groups in total. The summed E-state index contributed by atoms with van der Waals surface area (Å²) in [6.45, 7) is 0.844. The smallest absolute Gasteiger partial charge is 0.128 e. The van der Waals surface area contributed by atoms with Gasteiger partial charge in [-0.2, -0.15) is 0 Å². The second kappa shape index (κ2) is 10.2. The molecule has 1 fully saturated rings. The molecule has 0 spiro atoms. The molecule has 5 rings (SSSR count). The quantitative estimate of drug-likeness (QED) is 0.355. The van der Waals surface area contributed by atoms with Gasteiger partial charge in [-0.15, -0.1) is 0 Å². The van der Waals surface area contributed by atoms with E-state index in [9.17, 15) is 5.11 Å². The van der Waals surface area contributed by atoms with Gasteiger partial charge in [-0.1, -0.05) is 73.9 Å². The maximum atomic E-state index is 10.5. The maximum absolute atomic E-state index is 10.5. The predicted molar refractivity (Wildman–Crippen MR) is 135 cm³/mol. The lowest BCUT2D eigenvalue weighted by molar-refractivity contribution is 0.102. The number of aromatic nitrogens is 1. The highest BCUT2D eigenvalue weighted by molar-refractivity contribution is 5.93. The lowest BCUT2D eigenvalue weighted by Gasteiger charge is -2.24. The molecular formula is C29H32N2O2. The van der Waals surface area contributed by atoms with E-state index in [4.69, 9.17) is 4.74 Å². The highest BCUT2D eigenvalue weighted by Crippen LogP contribution is 2.36. The zero-order valence-electron chi connectivity index (χ0n) is 19.0. The summed E-state index contributed by atoms with van der Waals surface area (Å²) >= 11 is 0. The highest BCUT2D eigenvalue weighted by Gasteiger charge is 2.17. The maximum Gasteiger partial charge on any atom is 0.128 e. The van der Waals surface area contributed by atoms with Crippen molar-refractivity contribution in [2.45, 2.75) is 44.2 Å². The van der Waals surface area contributed by atoms with Crippen LogP contribution in [0.3, 0.4) is 0 Å². The summed E-state index contributed by atoms with van der Waals surface area (Å²) in [5, 5.41) is 15.1. The Labute approximate surface area is 195 Å². The Morgan fingerprint density at radius 1 is 0.879 bits per heavy atom. The normalized spacial score (nSPS) is 15.5. The highest BCUT2D eigenvalue weighted by atomic mass is 16.5. The van der Waals surface area contributed by atoms with E-state index in [1.54, 1.807) is 0 Å². The molecule has 170 valence electrons. The molecule has 1 aliphatic rings. The molecule has 1 atom stereocenters. The summed E-state index contributed by atoms with van der Waals surface area (Å²) < 4.78 is 8.43. The van der Waals surface area contributed by atoms with Gasteiger partial charge < -0.3 is 19.7 Å². The largest absolute Gasteiger partial charge is 0.490 e. The van der Waals surface area contributed by atoms with Crippen molar-refractivity contribution < 1.29 is 9.84 Å². The number of para-hydroxylation sites is 1. The summed E-state index contributed by atoms with van der Waals surface area (Å²) in [6, 6.07) is 29.7. The van der Waals surface area contributed by atoms with Crippen LogP contribution in [0.2, 0.25) is 0 Å². The summed E-state index contributed by atoms with van der Waals surface area (Å²) in [5.41, 5.74) is 4.47. The van der Waals surface area contributed by atoms with Gasteiger partial charge >= 0.3 is 0 Å². The molecule has 1 unspecified atom stereocenters. The van der Waals surface area contributed by atoms with Crippen molar-refractivity contribution in [2.24, 2.45) is 0 Å². The zero-order chi connectivity index (χ0) is 22.5. The standard InChI is InChI=1S/C29H32N2O2/c32-25(20-30-23-13-6-2-7-14-23)21-33-29-18-10-17-27-26(29)19-28(22-11-4-1-5-12-22)31(27)24-15-8-3-9-16-24/h1,3-5,8-12,15-19,23,25,30,32H,2,6-7,13-14,20-21H2. The molecule has 3 aromatic carbocycles. The molecule has 0 radical (unpaired) electrons. The van der Waals surface area contributed by atoms with Gasteiger partial charge in [-0.05, 0) is 48.7 Å². The summed E-state index contributed by atoms with van der Waals surface area (Å²) in [6.07, 6.45) is 5.79. The van der Waals surface area contributed by atoms with E-state index in [2.05, 4.69) is 70.5 Å². The third-order valence-corrected chi connectivity index (χ3v) is 6.57. The lowest BCUT2D eigenvalue weighted by atomic mass is 9.95. The molecule has 1 heterocycles. The number of fused-ring (bicyclic) bond motifs is 1. The van der Waals surface area contributed by atoms with Gasteiger partial charge in [0.15, 0.2) is 0 Å². The number of aliphatic hydroxyl groups is 1. The lowest BCUT2D eigenvalue weighted by Crippen LogP contribution is -2.38. The van der Waals surface area contributed by atoms with Crippen molar-refractivity contribution in [3.63, 3.8) is 0 Å². The molecule has 0 aliphatic heterocycles. The number of hydrogen-bond donors (Lipinski definition) is 2. The fraction of sp³-hybridized carbons (Fsp3) is 0.310. The van der Waals surface area contributed by atoms with Crippen molar-refractivity contribution in [3.8, 4) is 22.7 Å². The number of hydrogen-bond acceptors (Lipinski definition) is 3. The number of rotatable bonds is 8. The van der Waals surface area contributed by atoms with Crippen molar-refractivity contribution >= 4 is 10.9 Å². The summed E-state index contributed by atoms with van der Waals surface area (Å²) in [4.78, 5) is 0. The van der Waals surface area contributed by atoms with Crippen LogP contribution in [0.15, 0.2) is 84.9 Å². The minimum atomic E-state index is -0.535. The van der Waals surface area contributed by atoms with Crippen LogP contribution in [0.1, 0.15) is 32.1 Å². The molecule has 0 amide bonds. The van der Waals surface area contributed by atoms with Crippen LogP contribution in [0.25, 0.3) is 27.8 Å². The van der Waals surface area contributed by atoms with Gasteiger partial charge in [-0.3, -0.25) is 0 Å². The van der Waals surface area contributed by atoms with Gasteiger partial charge in [0, 0.05) is 23.7 Å². The number of aliphatic hydroxyl groups excluding tert-OH is 1. The van der Waals surface area contributed by atoms with Crippen LogP contribution in [-0.2, 0) is 0 Å². The average molecular weight is 441 g/mol. The molecule has 33 heavy (non-hydrogen) atoms. The van der Waals surface area contributed by atoms with Crippen LogP contribution >= 0.6 is 0 Å². The minimum Gasteiger partial charge on any atom is -0.490 e. The van der Waals surface area contributed by atoms with Gasteiger partial charge in [0.25, 0.3) is 0 Å². The van der Waals surface area contributed by atoms with Gasteiger partial charge in [0.1, 0.15) is 18.5 Å². The molecule has 4 heteroatoms. The summed E-state index contributed by atoms with van der Waals surface area (Å²) in [7, 11) is 0. The van der Waals surface area contributed by atoms with Gasteiger partial charge in [0.2, 0.25) is 0 Å². The van der Waals surface area contributed by atoms with Gasteiger partial charge in [0.05, 0.1) is 11.2 Å². The second-order valence-electron chi connectivity index (χ2n) is 8.96. The number of benzene rings is 3. The van der Waals surface area contributed by atoms with Crippen molar-refractivity contribution in [2.75, 3.05) is 13.2 Å². The van der Waals surface area contributed by atoms with Crippen molar-refractivity contribution in [3.05, 3.63) is 84.9 Å². The molecule has 0 bridgehead atoms. The number of ether oxygens (including phenoxy) is 1. The third kappa shape index (κ3) is 4.97. The van der Waals surface area contributed by atoms with Crippen LogP contribution in [0.4, 0.5) is 0 Å². The first kappa shape index (κ1) is 21.7. The van der Waals surface area contributed by atoms with Gasteiger partial charge in [-0.25, -0.2) is 0 Å². The van der Waals surface area contributed by atoms with E-state index in [-0.39, 0.29) is 6.61 Å². The molecule has 4 nitrogen and oxygen atoms in total.